The van der Waals surface area contributed by atoms with E-state index in [9.17, 15) is 39.6 Å². The van der Waals surface area contributed by atoms with E-state index in [0.29, 0.717) is 5.56 Å². The van der Waals surface area contributed by atoms with Crippen LogP contribution >= 0.6 is 0 Å². The van der Waals surface area contributed by atoms with Gasteiger partial charge in [-0.15, -0.1) is 0 Å². The first-order chi connectivity index (χ1) is 20.7. The van der Waals surface area contributed by atoms with Crippen LogP contribution in [0.5, 0.6) is 23.0 Å². The summed E-state index contributed by atoms with van der Waals surface area (Å²) in [4.78, 5) is 55.1. The molecule has 3 aromatic rings. The molecule has 0 aromatic heterocycles. The summed E-state index contributed by atoms with van der Waals surface area (Å²) in [5, 5.41) is 44.2. The molecule has 0 fully saturated rings. The number of methoxy groups -OCH3 is 2. The van der Waals surface area contributed by atoms with Crippen molar-refractivity contribution in [3.63, 3.8) is 0 Å². The number of carbonyl (C=O) groups excluding carboxylic acids is 4. The monoisotopic (exact) mass is 602 g/mol. The fourth-order valence-electron chi connectivity index (χ4n) is 6.65. The minimum Gasteiger partial charge on any atom is -0.506 e. The highest BCUT2D eigenvalue weighted by Gasteiger charge is 2.44. The van der Waals surface area contributed by atoms with Crippen LogP contribution in [0.1, 0.15) is 80.9 Å². The first-order valence-corrected chi connectivity index (χ1v) is 13.9. The van der Waals surface area contributed by atoms with E-state index in [1.807, 2.05) is 0 Å². The van der Waals surface area contributed by atoms with E-state index < -0.39 is 59.7 Å². The van der Waals surface area contributed by atoms with Gasteiger partial charge in [-0.05, 0) is 48.6 Å². The first kappa shape index (κ1) is 29.5. The van der Waals surface area contributed by atoms with Crippen molar-refractivity contribution in [2.75, 3.05) is 14.2 Å². The van der Waals surface area contributed by atoms with Gasteiger partial charge in [0.25, 0.3) is 0 Å². The molecule has 1 aliphatic heterocycles. The number of ether oxygens (including phenoxy) is 3. The van der Waals surface area contributed by atoms with Gasteiger partial charge in [-0.2, -0.15) is 0 Å². The Morgan fingerprint density at radius 1 is 0.841 bits per heavy atom. The maximum Gasteiger partial charge on any atom is 0.314 e. The van der Waals surface area contributed by atoms with Gasteiger partial charge in [-0.3, -0.25) is 19.2 Å². The highest BCUT2D eigenvalue weighted by atomic mass is 16.5. The van der Waals surface area contributed by atoms with Crippen LogP contribution in [-0.4, -0.2) is 69.2 Å². The number of hydrogen-bond acceptors (Lipinski definition) is 11. The van der Waals surface area contributed by atoms with Gasteiger partial charge in [0, 0.05) is 47.6 Å². The van der Waals surface area contributed by atoms with Crippen molar-refractivity contribution >= 4 is 39.7 Å². The predicted molar refractivity (Wildman–Crippen MR) is 155 cm³/mol. The average molecular weight is 603 g/mol. The smallest absolute Gasteiger partial charge is 0.314 e. The van der Waals surface area contributed by atoms with Gasteiger partial charge in [0.15, 0.2) is 23.1 Å². The number of fused-ring (bicyclic) bond motifs is 6. The molecule has 2 atom stereocenters. The second-order valence-corrected chi connectivity index (χ2v) is 12.1. The van der Waals surface area contributed by atoms with Crippen molar-refractivity contribution in [2.24, 2.45) is 0 Å². The van der Waals surface area contributed by atoms with Crippen molar-refractivity contribution in [1.82, 2.24) is 0 Å². The summed E-state index contributed by atoms with van der Waals surface area (Å²) in [6, 6.07) is 5.85. The van der Waals surface area contributed by atoms with Crippen molar-refractivity contribution in [3.8, 4) is 23.0 Å². The maximum atomic E-state index is 14.5. The van der Waals surface area contributed by atoms with E-state index in [2.05, 4.69) is 0 Å². The molecule has 2 aliphatic carbocycles. The molecule has 0 amide bonds. The number of benzene rings is 3. The molecule has 11 heteroatoms. The van der Waals surface area contributed by atoms with E-state index in [1.165, 1.54) is 46.3 Å². The zero-order valence-corrected chi connectivity index (χ0v) is 24.5. The van der Waals surface area contributed by atoms with E-state index in [4.69, 9.17) is 14.2 Å². The molecule has 228 valence electrons. The Morgan fingerprint density at radius 2 is 1.55 bits per heavy atom. The van der Waals surface area contributed by atoms with Gasteiger partial charge < -0.3 is 34.6 Å². The summed E-state index contributed by atoms with van der Waals surface area (Å²) in [5.74, 6) is -3.40. The molecule has 3 aromatic carbocycles. The number of phenolic OH excluding ortho intramolecular Hbond substituents is 1. The number of carbonyl (C=O) groups is 4. The Morgan fingerprint density at radius 3 is 2.20 bits per heavy atom. The van der Waals surface area contributed by atoms with Crippen LogP contribution in [0.2, 0.25) is 0 Å². The molecule has 0 unspecified atom stereocenters. The lowest BCUT2D eigenvalue weighted by Crippen LogP contribution is -2.35. The lowest BCUT2D eigenvalue weighted by molar-refractivity contribution is -0.139. The quantitative estimate of drug-likeness (QED) is 0.256. The number of phenols is 1. The normalized spacial score (nSPS) is 23.2. The number of aliphatic hydroxyl groups excluding tert-OH is 1. The topological polar surface area (TPSA) is 177 Å². The Kier molecular flexibility index (Phi) is 6.69. The number of esters is 1. The molecule has 0 saturated carbocycles. The third-order valence-corrected chi connectivity index (χ3v) is 8.43. The molecular formula is C33H30O11. The third-order valence-electron chi connectivity index (χ3n) is 8.43. The fraction of sp³-hybridized carbons (Fsp3) is 0.333. The van der Waals surface area contributed by atoms with Crippen LogP contribution in [0.3, 0.4) is 0 Å². The van der Waals surface area contributed by atoms with Gasteiger partial charge in [0.2, 0.25) is 0 Å². The average Bonchev–Trinajstić information content (AvgIpc) is 2.97. The largest absolute Gasteiger partial charge is 0.506 e. The number of allylic oxidation sites excluding steroid dienone is 1. The molecule has 1 heterocycles. The van der Waals surface area contributed by atoms with Crippen molar-refractivity contribution < 1.29 is 53.8 Å². The molecule has 0 saturated heterocycles. The summed E-state index contributed by atoms with van der Waals surface area (Å²) in [7, 11) is 2.71. The molecule has 0 bridgehead atoms. The maximum absolute atomic E-state index is 14.5. The molecule has 11 nitrogen and oxygen atoms in total. The van der Waals surface area contributed by atoms with Gasteiger partial charge in [-0.1, -0.05) is 0 Å². The van der Waals surface area contributed by atoms with Crippen LogP contribution in [0, 0.1) is 0 Å². The number of ketones is 3. The molecule has 44 heavy (non-hydrogen) atoms. The van der Waals surface area contributed by atoms with E-state index in [0.717, 1.165) is 0 Å². The lowest BCUT2D eigenvalue weighted by Gasteiger charge is -2.30. The lowest BCUT2D eigenvalue weighted by atomic mass is 9.75. The number of hydrogen-bond donors (Lipinski definition) is 4. The zero-order valence-electron chi connectivity index (χ0n) is 24.5. The second-order valence-electron chi connectivity index (χ2n) is 12.1. The fourth-order valence-corrected chi connectivity index (χ4v) is 6.65. The van der Waals surface area contributed by atoms with Crippen molar-refractivity contribution in [3.05, 3.63) is 63.2 Å². The number of rotatable bonds is 3. The standard InChI is InChI=1S/C33H30O11/c1-32(40)9-15-5-14-6-16(13-34)24-27-19(28(37)18-7-17(42-3)8-21(43-4)26(18)30(27)39)10-33(2,41)12-22(36)44-31(24)25(14)29(38)23(15)20(35)11-32/h5-8,34,38,40-41H,9-13H2,1-4H3/t32-,33+/m1/s1. The van der Waals surface area contributed by atoms with Crippen LogP contribution in [0.25, 0.3) is 16.3 Å². The summed E-state index contributed by atoms with van der Waals surface area (Å²) in [6.45, 7) is 2.16. The summed E-state index contributed by atoms with van der Waals surface area (Å²) >= 11 is 0. The molecular weight excluding hydrogens is 572 g/mol. The Labute approximate surface area is 251 Å². The predicted octanol–water partition coefficient (Wildman–Crippen LogP) is 3.22. The van der Waals surface area contributed by atoms with Crippen LogP contribution in [0.15, 0.2) is 29.8 Å². The van der Waals surface area contributed by atoms with E-state index in [-0.39, 0.29) is 79.8 Å². The van der Waals surface area contributed by atoms with E-state index in [1.54, 1.807) is 6.07 Å². The van der Waals surface area contributed by atoms with E-state index >= 15 is 0 Å². The van der Waals surface area contributed by atoms with Crippen LogP contribution in [0.4, 0.5) is 0 Å². The minimum atomic E-state index is -1.84. The van der Waals surface area contributed by atoms with Crippen LogP contribution < -0.4 is 14.2 Å². The zero-order chi connectivity index (χ0) is 31.9. The Hall–Kier alpha value is -4.58. The highest BCUT2D eigenvalue weighted by molar-refractivity contribution is 6.42. The molecule has 0 radical (unpaired) electrons. The Balaban J connectivity index is 1.75. The molecule has 0 spiro atoms. The molecule has 6 rings (SSSR count). The van der Waals surface area contributed by atoms with Gasteiger partial charge >= 0.3 is 5.97 Å². The summed E-state index contributed by atoms with van der Waals surface area (Å²) < 4.78 is 16.6. The number of Topliss-reactive ketones (excluding diaryl/α,β-unsaturated/α-hetero) is 3. The minimum absolute atomic E-state index is 0.0327. The van der Waals surface area contributed by atoms with Gasteiger partial charge in [0.1, 0.15) is 17.2 Å². The van der Waals surface area contributed by atoms with Crippen molar-refractivity contribution in [2.45, 2.75) is 57.3 Å². The van der Waals surface area contributed by atoms with Gasteiger partial charge in [0.05, 0.1) is 55.0 Å². The first-order valence-electron chi connectivity index (χ1n) is 13.9. The summed E-state index contributed by atoms with van der Waals surface area (Å²) in [6.07, 6.45) is -1.22. The summed E-state index contributed by atoms with van der Waals surface area (Å²) in [5.41, 5.74) is -3.46. The highest BCUT2D eigenvalue weighted by Crippen LogP contribution is 2.51. The van der Waals surface area contributed by atoms with Crippen LogP contribution in [-0.2, 0) is 17.8 Å². The van der Waals surface area contributed by atoms with Crippen molar-refractivity contribution in [1.29, 1.82) is 0 Å². The molecule has 3 aliphatic rings. The SMILES string of the molecule is COc1cc(OC)c2c(c1)C(=O)C1=C(C2=O)c2c(CO)cc3cc4c(c(O)c3c2OC(=O)C[C@@](C)(O)C1)C(=O)C[C@](C)(O)C4. The number of aromatic hydroxyl groups is 1. The Bertz CT molecular complexity index is 1880. The molecule has 4 N–H and O–H groups in total. The van der Waals surface area contributed by atoms with Gasteiger partial charge in [-0.25, -0.2) is 0 Å². The third kappa shape index (κ3) is 4.47. The number of aliphatic hydroxyl groups is 3. The second kappa shape index (κ2) is 9.98.